The van der Waals surface area contributed by atoms with Crippen molar-refractivity contribution in [3.05, 3.63) is 48.8 Å². The lowest BCUT2D eigenvalue weighted by Crippen LogP contribution is -2.40. The summed E-state index contributed by atoms with van der Waals surface area (Å²) in [5.41, 5.74) is 9.98. The molecule has 172 valence electrons. The van der Waals surface area contributed by atoms with Crippen LogP contribution in [0.2, 0.25) is 0 Å². The molecular weight excluding hydrogens is 418 g/mol. The predicted molar refractivity (Wildman–Crippen MR) is 126 cm³/mol. The third-order valence-electron chi connectivity index (χ3n) is 6.48. The smallest absolute Gasteiger partial charge is 0.246 e. The highest BCUT2D eigenvalue weighted by molar-refractivity contribution is 5.98. The number of morpholine rings is 1. The first-order valence-corrected chi connectivity index (χ1v) is 11.4. The Balaban J connectivity index is 1.46. The second-order valence-corrected chi connectivity index (χ2v) is 8.62. The third kappa shape index (κ3) is 4.34. The molecule has 3 aromatic rings. The summed E-state index contributed by atoms with van der Waals surface area (Å²) in [7, 11) is 0. The van der Waals surface area contributed by atoms with E-state index >= 15 is 0 Å². The topological polar surface area (TPSA) is 102 Å². The van der Waals surface area contributed by atoms with E-state index < -0.39 is 0 Å². The number of nitrogen functional groups attached to an aromatic ring is 1. The number of hydrogen-bond acceptors (Lipinski definition) is 7. The lowest BCUT2D eigenvalue weighted by Gasteiger charge is -2.32. The molecule has 2 saturated heterocycles. The summed E-state index contributed by atoms with van der Waals surface area (Å²) >= 11 is 0. The SMILES string of the molecule is C=CC(=O)N1CCCC(n2nc(-c3ccc(CN4CCOCC4)cc3)c3c(N)ncnc32)C1. The van der Waals surface area contributed by atoms with Crippen molar-refractivity contribution in [3.63, 3.8) is 0 Å². The number of rotatable bonds is 5. The fraction of sp³-hybridized carbons (Fsp3) is 0.417. The Morgan fingerprint density at radius 1 is 1.18 bits per heavy atom. The second kappa shape index (κ2) is 9.29. The Labute approximate surface area is 192 Å². The molecule has 5 rings (SSSR count). The van der Waals surface area contributed by atoms with E-state index in [0.29, 0.717) is 18.0 Å². The van der Waals surface area contributed by atoms with E-state index in [0.717, 1.165) is 68.9 Å². The van der Waals surface area contributed by atoms with Crippen molar-refractivity contribution in [2.75, 3.05) is 45.1 Å². The van der Waals surface area contributed by atoms with Gasteiger partial charge in [-0.15, -0.1) is 0 Å². The number of likely N-dealkylation sites (tertiary alicyclic amines) is 1. The van der Waals surface area contributed by atoms with E-state index in [4.69, 9.17) is 15.6 Å². The molecule has 9 heteroatoms. The quantitative estimate of drug-likeness (QED) is 0.599. The number of fused-ring (bicyclic) bond motifs is 1. The number of carbonyl (C=O) groups is 1. The van der Waals surface area contributed by atoms with E-state index in [1.807, 2.05) is 9.58 Å². The molecule has 2 aliphatic heterocycles. The molecule has 2 aromatic heterocycles. The molecule has 0 aliphatic carbocycles. The van der Waals surface area contributed by atoms with Crippen molar-refractivity contribution in [2.45, 2.75) is 25.4 Å². The minimum Gasteiger partial charge on any atom is -0.383 e. The van der Waals surface area contributed by atoms with E-state index in [1.54, 1.807) is 0 Å². The van der Waals surface area contributed by atoms with Crippen LogP contribution in [0.5, 0.6) is 0 Å². The zero-order valence-electron chi connectivity index (χ0n) is 18.7. The lowest BCUT2D eigenvalue weighted by atomic mass is 10.1. The van der Waals surface area contributed by atoms with Crippen LogP contribution in [-0.4, -0.2) is 74.8 Å². The van der Waals surface area contributed by atoms with Gasteiger partial charge in [-0.3, -0.25) is 9.69 Å². The third-order valence-corrected chi connectivity index (χ3v) is 6.48. The Morgan fingerprint density at radius 3 is 2.73 bits per heavy atom. The van der Waals surface area contributed by atoms with Gasteiger partial charge in [0.25, 0.3) is 0 Å². The van der Waals surface area contributed by atoms with E-state index in [1.165, 1.54) is 18.0 Å². The Kier molecular flexibility index (Phi) is 6.06. The Bertz CT molecular complexity index is 1150. The van der Waals surface area contributed by atoms with Gasteiger partial charge in [-0.05, 0) is 24.5 Å². The van der Waals surface area contributed by atoms with Gasteiger partial charge < -0.3 is 15.4 Å². The maximum atomic E-state index is 12.2. The molecular formula is C24H29N7O2. The number of piperidine rings is 1. The minimum absolute atomic E-state index is 0.0220. The van der Waals surface area contributed by atoms with Gasteiger partial charge in [-0.1, -0.05) is 30.8 Å². The fourth-order valence-electron chi connectivity index (χ4n) is 4.72. The van der Waals surface area contributed by atoms with Crippen LogP contribution in [0.4, 0.5) is 5.82 Å². The molecule has 0 spiro atoms. The van der Waals surface area contributed by atoms with Crippen LogP contribution >= 0.6 is 0 Å². The summed E-state index contributed by atoms with van der Waals surface area (Å²) in [4.78, 5) is 25.1. The van der Waals surface area contributed by atoms with Crippen molar-refractivity contribution < 1.29 is 9.53 Å². The maximum Gasteiger partial charge on any atom is 0.246 e. The van der Waals surface area contributed by atoms with E-state index in [9.17, 15) is 4.79 Å². The van der Waals surface area contributed by atoms with Crippen LogP contribution < -0.4 is 5.73 Å². The van der Waals surface area contributed by atoms with Crippen LogP contribution in [0.3, 0.4) is 0 Å². The molecule has 0 bridgehead atoms. The second-order valence-electron chi connectivity index (χ2n) is 8.62. The van der Waals surface area contributed by atoms with Crippen molar-refractivity contribution in [3.8, 4) is 11.3 Å². The molecule has 1 unspecified atom stereocenters. The molecule has 2 aliphatic rings. The number of anilines is 1. The largest absolute Gasteiger partial charge is 0.383 e. The molecule has 0 saturated carbocycles. The monoisotopic (exact) mass is 447 g/mol. The molecule has 9 nitrogen and oxygen atoms in total. The van der Waals surface area contributed by atoms with Crippen molar-refractivity contribution in [1.29, 1.82) is 0 Å². The molecule has 1 aromatic carbocycles. The van der Waals surface area contributed by atoms with Gasteiger partial charge in [0.2, 0.25) is 5.91 Å². The van der Waals surface area contributed by atoms with E-state index in [-0.39, 0.29) is 11.9 Å². The molecule has 2 fully saturated rings. The van der Waals surface area contributed by atoms with Gasteiger partial charge in [-0.2, -0.15) is 5.10 Å². The summed E-state index contributed by atoms with van der Waals surface area (Å²) in [5, 5.41) is 5.71. The van der Waals surface area contributed by atoms with Crippen LogP contribution in [0.15, 0.2) is 43.2 Å². The highest BCUT2D eigenvalue weighted by Crippen LogP contribution is 2.34. The van der Waals surface area contributed by atoms with E-state index in [2.05, 4.69) is 45.7 Å². The first kappa shape index (κ1) is 21.5. The van der Waals surface area contributed by atoms with Crippen molar-refractivity contribution >= 4 is 22.8 Å². The number of benzene rings is 1. The van der Waals surface area contributed by atoms with Gasteiger partial charge in [0, 0.05) is 38.3 Å². The van der Waals surface area contributed by atoms with Gasteiger partial charge in [0.05, 0.1) is 24.6 Å². The first-order valence-electron chi connectivity index (χ1n) is 11.4. The number of nitrogens with zero attached hydrogens (tertiary/aromatic N) is 6. The minimum atomic E-state index is -0.0543. The number of amides is 1. The normalized spacial score (nSPS) is 19.6. The van der Waals surface area contributed by atoms with Gasteiger partial charge >= 0.3 is 0 Å². The number of aromatic nitrogens is 4. The fourth-order valence-corrected chi connectivity index (χ4v) is 4.72. The Hall–Kier alpha value is -3.30. The number of hydrogen-bond donors (Lipinski definition) is 1. The molecule has 1 atom stereocenters. The standard InChI is InChI=1S/C24H29N7O2/c1-2-20(32)30-9-3-4-19(15-30)31-24-21(23(25)26-16-27-24)22(28-31)18-7-5-17(6-8-18)14-29-10-12-33-13-11-29/h2,5-8,16,19H,1,3-4,9-15H2,(H2,25,26,27). The summed E-state index contributed by atoms with van der Waals surface area (Å²) in [5.74, 6) is 0.356. The van der Waals surface area contributed by atoms with Gasteiger partial charge in [-0.25, -0.2) is 14.6 Å². The average Bonchev–Trinajstić information content (AvgIpc) is 3.26. The van der Waals surface area contributed by atoms with Crippen molar-refractivity contribution in [2.24, 2.45) is 0 Å². The van der Waals surface area contributed by atoms with Gasteiger partial charge in [0.1, 0.15) is 17.8 Å². The molecule has 1 amide bonds. The summed E-state index contributed by atoms with van der Waals surface area (Å²) in [6.45, 7) is 9.32. The van der Waals surface area contributed by atoms with Gasteiger partial charge in [0.15, 0.2) is 5.65 Å². The van der Waals surface area contributed by atoms with Crippen molar-refractivity contribution in [1.82, 2.24) is 29.5 Å². The van der Waals surface area contributed by atoms with Crippen LogP contribution in [0.25, 0.3) is 22.3 Å². The average molecular weight is 448 g/mol. The summed E-state index contributed by atoms with van der Waals surface area (Å²) in [6, 6.07) is 8.47. The maximum absolute atomic E-state index is 12.2. The summed E-state index contributed by atoms with van der Waals surface area (Å²) < 4.78 is 7.37. The summed E-state index contributed by atoms with van der Waals surface area (Å²) in [6.07, 6.45) is 4.66. The predicted octanol–water partition coefficient (Wildman–Crippen LogP) is 2.26. The molecule has 33 heavy (non-hydrogen) atoms. The number of carbonyl (C=O) groups excluding carboxylic acids is 1. The zero-order valence-corrected chi connectivity index (χ0v) is 18.7. The Morgan fingerprint density at radius 2 is 1.97 bits per heavy atom. The highest BCUT2D eigenvalue weighted by Gasteiger charge is 2.28. The van der Waals surface area contributed by atoms with Crippen LogP contribution in [0.1, 0.15) is 24.4 Å². The molecule has 0 radical (unpaired) electrons. The molecule has 2 N–H and O–H groups in total. The van der Waals surface area contributed by atoms with Crippen LogP contribution in [0, 0.1) is 0 Å². The first-order chi connectivity index (χ1) is 16.1. The molecule has 4 heterocycles. The number of ether oxygens (including phenoxy) is 1. The van der Waals surface area contributed by atoms with Crippen LogP contribution in [-0.2, 0) is 16.1 Å². The zero-order chi connectivity index (χ0) is 22.8. The lowest BCUT2D eigenvalue weighted by molar-refractivity contribution is -0.127. The number of nitrogens with two attached hydrogens (primary N) is 1. The highest BCUT2D eigenvalue weighted by atomic mass is 16.5.